The molecule has 0 bridgehead atoms. The average Bonchev–Trinajstić information content (AvgIpc) is 3.12. The third-order valence-electron chi connectivity index (χ3n) is 4.22. The molecule has 0 spiro atoms. The maximum absolute atomic E-state index is 11.8. The van der Waals surface area contributed by atoms with Crippen LogP contribution in [0.3, 0.4) is 0 Å². The van der Waals surface area contributed by atoms with Crippen molar-refractivity contribution >= 4 is 18.0 Å². The number of esters is 1. The quantitative estimate of drug-likeness (QED) is 0.423. The van der Waals surface area contributed by atoms with Crippen molar-refractivity contribution in [3.8, 4) is 5.75 Å². The van der Waals surface area contributed by atoms with Crippen LogP contribution >= 0.6 is 0 Å². The van der Waals surface area contributed by atoms with Gasteiger partial charge in [-0.1, -0.05) is 12.1 Å². The lowest BCUT2D eigenvalue weighted by Crippen LogP contribution is -2.22. The van der Waals surface area contributed by atoms with Crippen LogP contribution in [0.5, 0.6) is 5.75 Å². The summed E-state index contributed by atoms with van der Waals surface area (Å²) in [6.45, 7) is 0.547. The van der Waals surface area contributed by atoms with E-state index in [9.17, 15) is 9.59 Å². The smallest absolute Gasteiger partial charge is 0.305 e. The molecule has 136 valence electrons. The second-order valence-electron chi connectivity index (χ2n) is 6.25. The van der Waals surface area contributed by atoms with Crippen molar-refractivity contribution in [1.29, 1.82) is 0 Å². The number of benzene rings is 1. The first-order chi connectivity index (χ1) is 12.2. The molecule has 5 nitrogen and oxygen atoms in total. The van der Waals surface area contributed by atoms with Crippen molar-refractivity contribution in [2.75, 3.05) is 13.7 Å². The summed E-state index contributed by atoms with van der Waals surface area (Å²) in [5.41, 5.74) is 0.941. The number of rotatable bonds is 9. The topological polar surface area (TPSA) is 64.6 Å². The molecular weight excluding hydrogens is 318 g/mol. The Morgan fingerprint density at radius 2 is 2.04 bits per heavy atom. The predicted octanol–water partition coefficient (Wildman–Crippen LogP) is 3.48. The number of carbonyl (C=O) groups excluding carboxylic acids is 2. The molecule has 1 saturated carbocycles. The summed E-state index contributed by atoms with van der Waals surface area (Å²) in [5.74, 6) is 0.503. The van der Waals surface area contributed by atoms with Gasteiger partial charge in [-0.3, -0.25) is 9.59 Å². The zero-order valence-electron chi connectivity index (χ0n) is 14.8. The van der Waals surface area contributed by atoms with Crippen LogP contribution in [0, 0.1) is 0 Å². The van der Waals surface area contributed by atoms with Crippen molar-refractivity contribution in [3.63, 3.8) is 0 Å². The van der Waals surface area contributed by atoms with E-state index in [0.29, 0.717) is 25.5 Å². The third kappa shape index (κ3) is 7.42. The highest BCUT2D eigenvalue weighted by Crippen LogP contribution is 2.24. The number of carbonyl (C=O) groups is 2. The standard InChI is InChI=1S/C20H27NO4/c1-24-20(23)11-4-5-14-21-19(22)13-12-16-7-6-10-18(15-16)25-17-8-2-3-9-17/h6-7,10,12-13,15,17H,2-5,8-9,11,14H2,1H3,(H,21,22). The Kier molecular flexibility index (Phi) is 8.02. The van der Waals surface area contributed by atoms with E-state index in [0.717, 1.165) is 30.6 Å². The first-order valence-electron chi connectivity index (χ1n) is 8.97. The molecule has 5 heteroatoms. The van der Waals surface area contributed by atoms with Crippen LogP contribution in [0.2, 0.25) is 0 Å². The molecule has 0 heterocycles. The van der Waals surface area contributed by atoms with E-state index >= 15 is 0 Å². The van der Waals surface area contributed by atoms with Gasteiger partial charge in [0.2, 0.25) is 5.91 Å². The maximum atomic E-state index is 11.8. The Bertz CT molecular complexity index is 591. The van der Waals surface area contributed by atoms with E-state index in [1.165, 1.54) is 26.0 Å². The van der Waals surface area contributed by atoms with Gasteiger partial charge in [-0.15, -0.1) is 0 Å². The van der Waals surface area contributed by atoms with Crippen LogP contribution < -0.4 is 10.1 Å². The lowest BCUT2D eigenvalue weighted by atomic mass is 10.2. The molecule has 1 fully saturated rings. The number of unbranched alkanes of at least 4 members (excludes halogenated alkanes) is 1. The molecule has 1 aromatic carbocycles. The molecule has 1 amide bonds. The molecule has 25 heavy (non-hydrogen) atoms. The molecule has 0 saturated heterocycles. The molecule has 1 aromatic rings. The van der Waals surface area contributed by atoms with Gasteiger partial charge in [-0.25, -0.2) is 0 Å². The van der Waals surface area contributed by atoms with Crippen molar-refractivity contribution in [1.82, 2.24) is 5.32 Å². The van der Waals surface area contributed by atoms with Gasteiger partial charge in [-0.05, 0) is 62.3 Å². The zero-order chi connectivity index (χ0) is 17.9. The highest BCUT2D eigenvalue weighted by molar-refractivity contribution is 5.91. The molecule has 1 N–H and O–H groups in total. The average molecular weight is 345 g/mol. The van der Waals surface area contributed by atoms with Gasteiger partial charge in [-0.2, -0.15) is 0 Å². The number of nitrogens with one attached hydrogen (secondary N) is 1. The molecule has 0 radical (unpaired) electrons. The second-order valence-corrected chi connectivity index (χ2v) is 6.25. The van der Waals surface area contributed by atoms with E-state index in [-0.39, 0.29) is 11.9 Å². The predicted molar refractivity (Wildman–Crippen MR) is 97.2 cm³/mol. The maximum Gasteiger partial charge on any atom is 0.305 e. The molecule has 0 aromatic heterocycles. The van der Waals surface area contributed by atoms with Crippen LogP contribution in [0.25, 0.3) is 6.08 Å². The summed E-state index contributed by atoms with van der Waals surface area (Å²) in [6, 6.07) is 7.80. The van der Waals surface area contributed by atoms with Gasteiger partial charge >= 0.3 is 5.97 Å². The molecule has 0 unspecified atom stereocenters. The van der Waals surface area contributed by atoms with E-state index in [2.05, 4.69) is 10.1 Å². The summed E-state index contributed by atoms with van der Waals surface area (Å²) in [4.78, 5) is 22.8. The number of methoxy groups -OCH3 is 1. The van der Waals surface area contributed by atoms with Crippen molar-refractivity contribution in [3.05, 3.63) is 35.9 Å². The number of hydrogen-bond donors (Lipinski definition) is 1. The van der Waals surface area contributed by atoms with E-state index in [1.54, 1.807) is 6.08 Å². The Morgan fingerprint density at radius 3 is 2.80 bits per heavy atom. The molecule has 0 atom stereocenters. The fourth-order valence-corrected chi connectivity index (χ4v) is 2.83. The Labute approximate surface area is 149 Å². The number of amides is 1. The minimum absolute atomic E-state index is 0.139. The van der Waals surface area contributed by atoms with Crippen molar-refractivity contribution < 1.29 is 19.1 Å². The summed E-state index contributed by atoms with van der Waals surface area (Å²) >= 11 is 0. The SMILES string of the molecule is COC(=O)CCCCNC(=O)C=Cc1cccc(OC2CCCC2)c1. The minimum Gasteiger partial charge on any atom is -0.490 e. The van der Waals surface area contributed by atoms with E-state index < -0.39 is 0 Å². The molecule has 2 rings (SSSR count). The Hall–Kier alpha value is -2.30. The summed E-state index contributed by atoms with van der Waals surface area (Å²) in [6.07, 6.45) is 10.2. The lowest BCUT2D eigenvalue weighted by Gasteiger charge is -2.13. The van der Waals surface area contributed by atoms with Gasteiger partial charge in [0.05, 0.1) is 13.2 Å². The Morgan fingerprint density at radius 1 is 1.24 bits per heavy atom. The lowest BCUT2D eigenvalue weighted by molar-refractivity contribution is -0.140. The second kappa shape index (κ2) is 10.5. The van der Waals surface area contributed by atoms with Gasteiger partial charge in [0, 0.05) is 19.0 Å². The van der Waals surface area contributed by atoms with Crippen LogP contribution in [-0.4, -0.2) is 31.6 Å². The molecule has 0 aliphatic heterocycles. The Balaban J connectivity index is 1.71. The van der Waals surface area contributed by atoms with E-state index in [1.807, 2.05) is 24.3 Å². The van der Waals surface area contributed by atoms with Crippen LogP contribution in [0.4, 0.5) is 0 Å². The van der Waals surface area contributed by atoms with Crippen LogP contribution in [0.1, 0.15) is 50.5 Å². The van der Waals surface area contributed by atoms with Crippen LogP contribution in [0.15, 0.2) is 30.3 Å². The third-order valence-corrected chi connectivity index (χ3v) is 4.22. The van der Waals surface area contributed by atoms with Gasteiger partial charge in [0.15, 0.2) is 0 Å². The molecule has 1 aliphatic rings. The fraction of sp³-hybridized carbons (Fsp3) is 0.500. The monoisotopic (exact) mass is 345 g/mol. The van der Waals surface area contributed by atoms with Gasteiger partial charge < -0.3 is 14.8 Å². The summed E-state index contributed by atoms with van der Waals surface area (Å²) in [5, 5.41) is 2.81. The normalized spacial score (nSPS) is 14.6. The largest absolute Gasteiger partial charge is 0.490 e. The summed E-state index contributed by atoms with van der Waals surface area (Å²) in [7, 11) is 1.38. The first kappa shape index (κ1) is 19.0. The highest BCUT2D eigenvalue weighted by Gasteiger charge is 2.16. The molecule has 1 aliphatic carbocycles. The zero-order valence-corrected chi connectivity index (χ0v) is 14.8. The van der Waals surface area contributed by atoms with Crippen molar-refractivity contribution in [2.45, 2.75) is 51.0 Å². The van der Waals surface area contributed by atoms with Gasteiger partial charge in [0.25, 0.3) is 0 Å². The molecular formula is C20H27NO4. The van der Waals surface area contributed by atoms with Gasteiger partial charge in [0.1, 0.15) is 5.75 Å². The van der Waals surface area contributed by atoms with Crippen molar-refractivity contribution in [2.24, 2.45) is 0 Å². The number of hydrogen-bond acceptors (Lipinski definition) is 4. The minimum atomic E-state index is -0.217. The van der Waals surface area contributed by atoms with E-state index in [4.69, 9.17) is 4.74 Å². The van der Waals surface area contributed by atoms with Crippen LogP contribution in [-0.2, 0) is 14.3 Å². The highest BCUT2D eigenvalue weighted by atomic mass is 16.5. The first-order valence-corrected chi connectivity index (χ1v) is 8.97. The summed E-state index contributed by atoms with van der Waals surface area (Å²) < 4.78 is 10.5. The fourth-order valence-electron chi connectivity index (χ4n) is 2.83. The number of ether oxygens (including phenoxy) is 2.